The van der Waals surface area contributed by atoms with Crippen LogP contribution in [0.4, 0.5) is 0 Å². The first-order valence-corrected chi connectivity index (χ1v) is 3.19. The Morgan fingerprint density at radius 3 is 3.22 bits per heavy atom. The predicted molar refractivity (Wildman–Crippen MR) is 30.3 cm³/mol. The SMILES string of the molecule is CN1OC[C@@H]2C[C@@H]2C1=O. The lowest BCUT2D eigenvalue weighted by Gasteiger charge is -2.20. The Morgan fingerprint density at radius 2 is 2.56 bits per heavy atom. The zero-order chi connectivity index (χ0) is 6.43. The lowest BCUT2D eigenvalue weighted by Crippen LogP contribution is -2.33. The van der Waals surface area contributed by atoms with Crippen molar-refractivity contribution < 1.29 is 9.63 Å². The zero-order valence-corrected chi connectivity index (χ0v) is 5.33. The van der Waals surface area contributed by atoms with Crippen LogP contribution in [0, 0.1) is 11.8 Å². The second kappa shape index (κ2) is 1.48. The van der Waals surface area contributed by atoms with Gasteiger partial charge in [0, 0.05) is 13.0 Å². The summed E-state index contributed by atoms with van der Waals surface area (Å²) in [5.41, 5.74) is 0. The van der Waals surface area contributed by atoms with Crippen LogP contribution in [0.5, 0.6) is 0 Å². The first-order chi connectivity index (χ1) is 4.29. The molecule has 0 aromatic rings. The molecule has 1 aliphatic heterocycles. The molecule has 2 aliphatic rings. The van der Waals surface area contributed by atoms with Crippen molar-refractivity contribution in [3.8, 4) is 0 Å². The Hall–Kier alpha value is -0.570. The molecule has 0 unspecified atom stereocenters. The number of carbonyl (C=O) groups is 1. The molecular weight excluding hydrogens is 118 g/mol. The highest BCUT2D eigenvalue weighted by atomic mass is 16.7. The van der Waals surface area contributed by atoms with Crippen LogP contribution in [-0.4, -0.2) is 24.6 Å². The number of hydrogen-bond donors (Lipinski definition) is 0. The fourth-order valence-corrected chi connectivity index (χ4v) is 1.24. The van der Waals surface area contributed by atoms with Crippen molar-refractivity contribution in [3.05, 3.63) is 0 Å². The molecule has 0 aromatic heterocycles. The van der Waals surface area contributed by atoms with E-state index in [1.165, 1.54) is 5.06 Å². The van der Waals surface area contributed by atoms with Crippen molar-refractivity contribution in [2.45, 2.75) is 6.42 Å². The van der Waals surface area contributed by atoms with Gasteiger partial charge in [0.15, 0.2) is 0 Å². The summed E-state index contributed by atoms with van der Waals surface area (Å²) in [5.74, 6) is 1.02. The van der Waals surface area contributed by atoms with Crippen LogP contribution in [0.1, 0.15) is 6.42 Å². The Labute approximate surface area is 53.5 Å². The zero-order valence-electron chi connectivity index (χ0n) is 5.33. The number of amides is 1. The normalized spacial score (nSPS) is 40.6. The molecule has 1 amide bonds. The highest BCUT2D eigenvalue weighted by molar-refractivity contribution is 5.81. The van der Waals surface area contributed by atoms with E-state index in [9.17, 15) is 4.79 Å². The molecule has 3 nitrogen and oxygen atoms in total. The summed E-state index contributed by atoms with van der Waals surface area (Å²) in [4.78, 5) is 16.0. The average Bonchev–Trinajstić information content (AvgIpc) is 2.58. The standard InChI is InChI=1S/C6H9NO2/c1-7-6(8)5-2-4(5)3-9-7/h4-5H,2-3H2,1H3/t4-,5-/m0/s1. The maximum atomic E-state index is 11.0. The van der Waals surface area contributed by atoms with Crippen molar-refractivity contribution in [3.63, 3.8) is 0 Å². The smallest absolute Gasteiger partial charge is 0.249 e. The highest BCUT2D eigenvalue weighted by Crippen LogP contribution is 2.42. The van der Waals surface area contributed by atoms with Crippen molar-refractivity contribution >= 4 is 5.91 Å². The number of fused-ring (bicyclic) bond motifs is 1. The molecule has 9 heavy (non-hydrogen) atoms. The van der Waals surface area contributed by atoms with Crippen LogP contribution in [0.25, 0.3) is 0 Å². The van der Waals surface area contributed by atoms with Gasteiger partial charge in [-0.2, -0.15) is 0 Å². The maximum absolute atomic E-state index is 11.0. The highest BCUT2D eigenvalue weighted by Gasteiger charge is 2.48. The fraction of sp³-hybridized carbons (Fsp3) is 0.833. The minimum Gasteiger partial charge on any atom is -0.272 e. The van der Waals surface area contributed by atoms with Crippen LogP contribution in [0.15, 0.2) is 0 Å². The van der Waals surface area contributed by atoms with E-state index in [-0.39, 0.29) is 5.91 Å². The third kappa shape index (κ3) is 0.645. The first-order valence-electron chi connectivity index (χ1n) is 3.19. The van der Waals surface area contributed by atoms with Gasteiger partial charge in [0.05, 0.1) is 6.61 Å². The number of hydrogen-bond acceptors (Lipinski definition) is 2. The number of rotatable bonds is 0. The lowest BCUT2D eigenvalue weighted by atomic mass is 10.3. The van der Waals surface area contributed by atoms with E-state index in [2.05, 4.69) is 0 Å². The second-order valence-electron chi connectivity index (χ2n) is 2.73. The minimum absolute atomic E-state index is 0.159. The van der Waals surface area contributed by atoms with Crippen LogP contribution >= 0.6 is 0 Å². The molecule has 1 heterocycles. The molecule has 0 aromatic carbocycles. The third-order valence-corrected chi connectivity index (χ3v) is 2.03. The molecule has 3 heteroatoms. The summed E-state index contributed by atoms with van der Waals surface area (Å²) >= 11 is 0. The molecule has 0 spiro atoms. The molecule has 0 bridgehead atoms. The molecular formula is C6H9NO2. The summed E-state index contributed by atoms with van der Waals surface area (Å²) in [6, 6.07) is 0. The molecule has 1 saturated carbocycles. The number of hydroxylamine groups is 2. The van der Waals surface area contributed by atoms with Crippen molar-refractivity contribution in [2.24, 2.45) is 11.8 Å². The average molecular weight is 127 g/mol. The second-order valence-corrected chi connectivity index (χ2v) is 2.73. The predicted octanol–water partition coefficient (Wildman–Crippen LogP) is 0.0261. The fourth-order valence-electron chi connectivity index (χ4n) is 1.24. The van der Waals surface area contributed by atoms with Gasteiger partial charge < -0.3 is 0 Å². The van der Waals surface area contributed by atoms with Gasteiger partial charge in [0.25, 0.3) is 0 Å². The van der Waals surface area contributed by atoms with E-state index in [0.29, 0.717) is 11.8 Å². The van der Waals surface area contributed by atoms with E-state index < -0.39 is 0 Å². The summed E-state index contributed by atoms with van der Waals surface area (Å²) < 4.78 is 0. The number of carbonyl (C=O) groups excluding carboxylic acids is 1. The van der Waals surface area contributed by atoms with Crippen LogP contribution in [-0.2, 0) is 9.63 Å². The molecule has 1 saturated heterocycles. The maximum Gasteiger partial charge on any atom is 0.249 e. The molecule has 0 radical (unpaired) electrons. The Kier molecular flexibility index (Phi) is 0.858. The van der Waals surface area contributed by atoms with Gasteiger partial charge in [0.2, 0.25) is 5.91 Å². The minimum atomic E-state index is 0.159. The van der Waals surface area contributed by atoms with Gasteiger partial charge in [-0.3, -0.25) is 9.63 Å². The van der Waals surface area contributed by atoms with Gasteiger partial charge in [-0.05, 0) is 12.3 Å². The summed E-state index contributed by atoms with van der Waals surface area (Å²) in [6.07, 6.45) is 1.04. The van der Waals surface area contributed by atoms with E-state index >= 15 is 0 Å². The molecule has 2 atom stereocenters. The lowest BCUT2D eigenvalue weighted by molar-refractivity contribution is -0.191. The van der Waals surface area contributed by atoms with Gasteiger partial charge in [-0.15, -0.1) is 0 Å². The molecule has 0 N–H and O–H groups in total. The molecule has 2 rings (SSSR count). The quantitative estimate of drug-likeness (QED) is 0.459. The van der Waals surface area contributed by atoms with Gasteiger partial charge in [0.1, 0.15) is 0 Å². The largest absolute Gasteiger partial charge is 0.272 e. The Balaban J connectivity index is 2.10. The summed E-state index contributed by atoms with van der Waals surface area (Å²) in [5, 5.41) is 1.36. The monoisotopic (exact) mass is 127 g/mol. The molecule has 2 fully saturated rings. The van der Waals surface area contributed by atoms with E-state index in [4.69, 9.17) is 4.84 Å². The van der Waals surface area contributed by atoms with Crippen LogP contribution in [0.3, 0.4) is 0 Å². The van der Waals surface area contributed by atoms with E-state index in [1.54, 1.807) is 7.05 Å². The van der Waals surface area contributed by atoms with Crippen molar-refractivity contribution in [1.82, 2.24) is 5.06 Å². The van der Waals surface area contributed by atoms with Gasteiger partial charge in [-0.1, -0.05) is 0 Å². The van der Waals surface area contributed by atoms with E-state index in [0.717, 1.165) is 13.0 Å². The Bertz CT molecular complexity index is 153. The van der Waals surface area contributed by atoms with Gasteiger partial charge in [-0.25, -0.2) is 5.06 Å². The van der Waals surface area contributed by atoms with Crippen molar-refractivity contribution in [1.29, 1.82) is 0 Å². The summed E-state index contributed by atoms with van der Waals surface area (Å²) in [7, 11) is 1.68. The molecule has 1 aliphatic carbocycles. The number of nitrogens with zero attached hydrogens (tertiary/aromatic N) is 1. The first kappa shape index (κ1) is 5.23. The van der Waals surface area contributed by atoms with Crippen LogP contribution < -0.4 is 0 Å². The summed E-state index contributed by atoms with van der Waals surface area (Å²) in [6.45, 7) is 0.743. The molecule has 50 valence electrons. The van der Waals surface area contributed by atoms with E-state index in [1.807, 2.05) is 0 Å². The Morgan fingerprint density at radius 1 is 1.78 bits per heavy atom. The third-order valence-electron chi connectivity index (χ3n) is 2.03. The van der Waals surface area contributed by atoms with Gasteiger partial charge >= 0.3 is 0 Å². The van der Waals surface area contributed by atoms with Crippen molar-refractivity contribution in [2.75, 3.05) is 13.7 Å². The topological polar surface area (TPSA) is 29.5 Å². The van der Waals surface area contributed by atoms with Crippen LogP contribution in [0.2, 0.25) is 0 Å².